The van der Waals surface area contributed by atoms with Gasteiger partial charge in [-0.2, -0.15) is 17.9 Å². The lowest BCUT2D eigenvalue weighted by atomic mass is 10.1. The number of benzene rings is 2. The smallest absolute Gasteiger partial charge is 0.319 e. The molecule has 0 spiro atoms. The van der Waals surface area contributed by atoms with Crippen LogP contribution in [0.3, 0.4) is 0 Å². The van der Waals surface area contributed by atoms with Crippen LogP contribution in [0.15, 0.2) is 83.6 Å². The molecule has 0 fully saturated rings. The largest absolute Gasteiger partial charge is 0.415 e. The monoisotopic (exact) mass is 496 g/mol. The van der Waals surface area contributed by atoms with Gasteiger partial charge in [0, 0.05) is 5.56 Å². The highest BCUT2D eigenvalue weighted by Gasteiger charge is 2.31. The average Bonchev–Trinajstić information content (AvgIpc) is 3.13. The standard InChI is InChI=1S/C22H14ClF5N4O2/c1-11(22(26,27)28)10-17(12(2)24)29-20(33)13-6-8-14(9-7-13)32-21(34)30-19(31-32)18-15(23)4-3-5-16(18)25/h3-10H,1-2H2,(H,29,33)(H,30,31,34)/b17-10+. The van der Waals surface area contributed by atoms with Crippen LogP contribution < -0.4 is 11.0 Å². The third-order valence-electron chi connectivity index (χ3n) is 4.41. The van der Waals surface area contributed by atoms with Gasteiger partial charge in [-0.3, -0.25) is 9.78 Å². The summed E-state index contributed by atoms with van der Waals surface area (Å²) in [6, 6.07) is 8.99. The molecular weight excluding hydrogens is 483 g/mol. The molecule has 2 aromatic carbocycles. The number of hydrogen-bond acceptors (Lipinski definition) is 3. The third-order valence-corrected chi connectivity index (χ3v) is 4.73. The highest BCUT2D eigenvalue weighted by molar-refractivity contribution is 6.33. The highest BCUT2D eigenvalue weighted by Crippen LogP contribution is 2.28. The summed E-state index contributed by atoms with van der Waals surface area (Å²) >= 11 is 5.99. The van der Waals surface area contributed by atoms with E-state index in [2.05, 4.69) is 23.2 Å². The molecule has 3 rings (SSSR count). The topological polar surface area (TPSA) is 79.8 Å². The van der Waals surface area contributed by atoms with Gasteiger partial charge in [0.25, 0.3) is 5.91 Å². The molecule has 0 saturated heterocycles. The predicted octanol–water partition coefficient (Wildman–Crippen LogP) is 5.24. The molecule has 1 amide bonds. The number of allylic oxidation sites excluding steroid dienone is 3. The lowest BCUT2D eigenvalue weighted by Gasteiger charge is -2.11. The summed E-state index contributed by atoms with van der Waals surface area (Å²) in [6.45, 7) is 5.68. The Balaban J connectivity index is 1.86. The van der Waals surface area contributed by atoms with E-state index in [4.69, 9.17) is 11.6 Å². The maximum absolute atomic E-state index is 14.1. The molecule has 176 valence electrons. The van der Waals surface area contributed by atoms with Crippen LogP contribution in [0.25, 0.3) is 17.1 Å². The molecule has 6 nitrogen and oxygen atoms in total. The van der Waals surface area contributed by atoms with Gasteiger partial charge in [-0.15, -0.1) is 5.10 Å². The lowest BCUT2D eigenvalue weighted by molar-refractivity contribution is -0.0879. The minimum Gasteiger partial charge on any atom is -0.319 e. The van der Waals surface area contributed by atoms with Crippen LogP contribution in [-0.4, -0.2) is 26.8 Å². The van der Waals surface area contributed by atoms with Gasteiger partial charge in [0.2, 0.25) is 0 Å². The number of rotatable bonds is 6. The van der Waals surface area contributed by atoms with E-state index >= 15 is 0 Å². The summed E-state index contributed by atoms with van der Waals surface area (Å²) in [5.74, 6) is -3.08. The van der Waals surface area contributed by atoms with Crippen molar-refractivity contribution in [1.29, 1.82) is 0 Å². The van der Waals surface area contributed by atoms with E-state index in [9.17, 15) is 31.5 Å². The van der Waals surface area contributed by atoms with Crippen molar-refractivity contribution >= 4 is 17.5 Å². The van der Waals surface area contributed by atoms with Crippen molar-refractivity contribution in [2.45, 2.75) is 6.18 Å². The third kappa shape index (κ3) is 5.31. The second-order valence-electron chi connectivity index (χ2n) is 6.77. The van der Waals surface area contributed by atoms with Crippen LogP contribution in [0.4, 0.5) is 22.0 Å². The van der Waals surface area contributed by atoms with Gasteiger partial charge in [0.1, 0.15) is 11.6 Å². The molecule has 0 unspecified atom stereocenters. The Labute approximate surface area is 193 Å². The Hall–Kier alpha value is -3.99. The van der Waals surface area contributed by atoms with Gasteiger partial charge in [0.15, 0.2) is 5.82 Å². The number of carbonyl (C=O) groups excluding carboxylic acids is 1. The predicted molar refractivity (Wildman–Crippen MR) is 116 cm³/mol. The molecule has 0 bridgehead atoms. The zero-order chi connectivity index (χ0) is 25.2. The molecule has 34 heavy (non-hydrogen) atoms. The molecule has 3 aromatic rings. The fourth-order valence-corrected chi connectivity index (χ4v) is 2.98. The summed E-state index contributed by atoms with van der Waals surface area (Å²) < 4.78 is 66.5. The summed E-state index contributed by atoms with van der Waals surface area (Å²) in [7, 11) is 0. The fraction of sp³-hybridized carbons (Fsp3) is 0.0455. The van der Waals surface area contributed by atoms with Gasteiger partial charge in [-0.25, -0.2) is 13.6 Å². The van der Waals surface area contributed by atoms with Crippen molar-refractivity contribution in [3.05, 3.63) is 106 Å². The van der Waals surface area contributed by atoms with Crippen molar-refractivity contribution in [3.63, 3.8) is 0 Å². The quantitative estimate of drug-likeness (QED) is 0.362. The maximum Gasteiger partial charge on any atom is 0.415 e. The first-order valence-electron chi connectivity index (χ1n) is 9.26. The number of amides is 1. The van der Waals surface area contributed by atoms with E-state index < -0.39 is 40.7 Å². The van der Waals surface area contributed by atoms with E-state index in [0.29, 0.717) is 6.08 Å². The molecule has 2 N–H and O–H groups in total. The number of halogens is 6. The second kappa shape index (κ2) is 9.48. The van der Waals surface area contributed by atoms with Gasteiger partial charge < -0.3 is 5.32 Å². The molecule has 12 heteroatoms. The Kier molecular flexibility index (Phi) is 6.87. The number of nitrogens with one attached hydrogen (secondary N) is 2. The number of nitrogens with zero attached hydrogens (tertiary/aromatic N) is 2. The van der Waals surface area contributed by atoms with Crippen molar-refractivity contribution in [3.8, 4) is 17.1 Å². The van der Waals surface area contributed by atoms with E-state index in [1.54, 1.807) is 0 Å². The number of H-pyrrole nitrogens is 1. The number of aromatic amines is 1. The van der Waals surface area contributed by atoms with Gasteiger partial charge in [-0.1, -0.05) is 30.8 Å². The summed E-state index contributed by atoms with van der Waals surface area (Å²) in [4.78, 5) is 27.0. The average molecular weight is 497 g/mol. The zero-order valence-electron chi connectivity index (χ0n) is 17.0. The van der Waals surface area contributed by atoms with Gasteiger partial charge in [-0.05, 0) is 42.5 Å². The van der Waals surface area contributed by atoms with Crippen molar-refractivity contribution < 1.29 is 26.7 Å². The van der Waals surface area contributed by atoms with Crippen LogP contribution in [-0.2, 0) is 0 Å². The molecule has 0 aliphatic rings. The van der Waals surface area contributed by atoms with Crippen molar-refractivity contribution in [1.82, 2.24) is 20.1 Å². The SMILES string of the molecule is C=C(F)/C(=C\C(=C)C(F)(F)F)NC(=O)c1ccc(-n2nc(-c3c(F)cccc3Cl)[nH]c2=O)cc1. The molecule has 0 aliphatic carbocycles. The van der Waals surface area contributed by atoms with E-state index in [1.807, 2.05) is 5.32 Å². The first-order valence-corrected chi connectivity index (χ1v) is 9.64. The Morgan fingerprint density at radius 3 is 2.35 bits per heavy atom. The van der Waals surface area contributed by atoms with E-state index in [1.165, 1.54) is 36.4 Å². The van der Waals surface area contributed by atoms with Crippen LogP contribution >= 0.6 is 11.6 Å². The van der Waals surface area contributed by atoms with Crippen molar-refractivity contribution in [2.75, 3.05) is 0 Å². The number of carbonyl (C=O) groups is 1. The molecule has 0 saturated carbocycles. The Morgan fingerprint density at radius 2 is 1.79 bits per heavy atom. The molecule has 0 aliphatic heterocycles. The minimum absolute atomic E-state index is 0.0273. The zero-order valence-corrected chi connectivity index (χ0v) is 17.8. The van der Waals surface area contributed by atoms with Gasteiger partial charge in [0.05, 0.1) is 27.5 Å². The lowest BCUT2D eigenvalue weighted by Crippen LogP contribution is -2.24. The van der Waals surface area contributed by atoms with Crippen LogP contribution in [0.2, 0.25) is 5.02 Å². The summed E-state index contributed by atoms with van der Waals surface area (Å²) in [5.41, 5.74) is -2.94. The van der Waals surface area contributed by atoms with E-state index in [0.717, 1.165) is 10.7 Å². The molecule has 1 aromatic heterocycles. The maximum atomic E-state index is 14.1. The molecule has 0 atom stereocenters. The van der Waals surface area contributed by atoms with Gasteiger partial charge >= 0.3 is 11.9 Å². The van der Waals surface area contributed by atoms with Crippen molar-refractivity contribution in [2.24, 2.45) is 0 Å². The Morgan fingerprint density at radius 1 is 1.15 bits per heavy atom. The molecular formula is C22H14ClF5N4O2. The van der Waals surface area contributed by atoms with Crippen LogP contribution in [0, 0.1) is 5.82 Å². The molecule has 0 radical (unpaired) electrons. The Bertz CT molecular complexity index is 1350. The van der Waals surface area contributed by atoms with Crippen LogP contribution in [0.1, 0.15) is 10.4 Å². The normalized spacial score (nSPS) is 11.9. The second-order valence-corrected chi connectivity index (χ2v) is 7.18. The number of aromatic nitrogens is 3. The fourth-order valence-electron chi connectivity index (χ4n) is 2.72. The molecule has 1 heterocycles. The van der Waals surface area contributed by atoms with Crippen LogP contribution in [0.5, 0.6) is 0 Å². The van der Waals surface area contributed by atoms with E-state index in [-0.39, 0.29) is 27.7 Å². The first kappa shape index (κ1) is 24.6. The number of hydrogen-bond donors (Lipinski definition) is 2. The first-order chi connectivity index (χ1) is 15.9. The number of alkyl halides is 3. The summed E-state index contributed by atoms with van der Waals surface area (Å²) in [5, 5.41) is 6.02. The minimum atomic E-state index is -4.82. The highest BCUT2D eigenvalue weighted by atomic mass is 35.5. The summed E-state index contributed by atoms with van der Waals surface area (Å²) in [6.07, 6.45) is -4.51.